The van der Waals surface area contributed by atoms with E-state index < -0.39 is 0 Å². The van der Waals surface area contributed by atoms with Crippen LogP contribution in [0.2, 0.25) is 0 Å². The van der Waals surface area contributed by atoms with E-state index in [0.29, 0.717) is 0 Å². The van der Waals surface area contributed by atoms with Gasteiger partial charge in [0.2, 0.25) is 0 Å². The average molecular weight is 152 g/mol. The molecule has 0 radical (unpaired) electrons. The van der Waals surface area contributed by atoms with Crippen molar-refractivity contribution in [2.45, 2.75) is 46.5 Å². The van der Waals surface area contributed by atoms with Crippen LogP contribution in [0.3, 0.4) is 0 Å². The highest BCUT2D eigenvalue weighted by Crippen LogP contribution is 2.61. The molecule has 2 bridgehead atoms. The molecule has 0 heteroatoms. The summed E-state index contributed by atoms with van der Waals surface area (Å²) in [5.41, 5.74) is 0.760. The fourth-order valence-electron chi connectivity index (χ4n) is 3.30. The van der Waals surface area contributed by atoms with Crippen LogP contribution in [0, 0.1) is 23.2 Å². The van der Waals surface area contributed by atoms with E-state index in [1.807, 2.05) is 0 Å². The smallest absolute Gasteiger partial charge is 0.0295 e. The molecule has 0 saturated heterocycles. The van der Waals surface area contributed by atoms with Crippen molar-refractivity contribution in [2.24, 2.45) is 23.2 Å². The Labute approximate surface area is 70.4 Å². The third-order valence-electron chi connectivity index (χ3n) is 4.49. The van der Waals surface area contributed by atoms with E-state index in [4.69, 9.17) is 0 Å². The van der Waals surface area contributed by atoms with Crippen LogP contribution < -0.4 is 0 Å². The minimum absolute atomic E-state index is 0.760. The Kier molecular flexibility index (Phi) is 1.56. The zero-order chi connectivity index (χ0) is 8.06. The summed E-state index contributed by atoms with van der Waals surface area (Å²) < 4.78 is 0. The molecule has 2 atom stereocenters. The van der Waals surface area contributed by atoms with Crippen LogP contribution in [-0.2, 0) is 0 Å². The van der Waals surface area contributed by atoms with Gasteiger partial charge >= 0.3 is 0 Å². The van der Waals surface area contributed by atoms with Gasteiger partial charge in [-0.3, -0.25) is 0 Å². The van der Waals surface area contributed by atoms with E-state index >= 15 is 0 Å². The van der Waals surface area contributed by atoms with Crippen LogP contribution in [0.4, 0.5) is 0 Å². The van der Waals surface area contributed by atoms with Gasteiger partial charge < -0.3 is 0 Å². The lowest BCUT2D eigenvalue weighted by Crippen LogP contribution is -2.49. The Morgan fingerprint density at radius 1 is 1.36 bits per heavy atom. The number of hydrogen-bond donors (Lipinski definition) is 0. The van der Waals surface area contributed by atoms with Gasteiger partial charge in [-0.1, -0.05) is 27.2 Å². The Balaban J connectivity index is 2.06. The van der Waals surface area contributed by atoms with Crippen LogP contribution in [0.1, 0.15) is 46.5 Å². The predicted octanol–water partition coefficient (Wildman–Crippen LogP) is 3.47. The van der Waals surface area contributed by atoms with E-state index in [9.17, 15) is 0 Å². The quantitative estimate of drug-likeness (QED) is 0.539. The van der Waals surface area contributed by atoms with Gasteiger partial charge in [0, 0.05) is 0 Å². The second-order valence-corrected chi connectivity index (χ2v) is 5.13. The molecule has 0 aliphatic heterocycles. The van der Waals surface area contributed by atoms with Gasteiger partial charge in [0.1, 0.15) is 0 Å². The topological polar surface area (TPSA) is 0 Å². The van der Waals surface area contributed by atoms with Crippen LogP contribution >= 0.6 is 0 Å². The summed E-state index contributed by atoms with van der Waals surface area (Å²) in [5, 5.41) is 0. The highest BCUT2D eigenvalue weighted by atomic mass is 14.6. The average Bonchev–Trinajstić information content (AvgIpc) is 1.92. The van der Waals surface area contributed by atoms with Crippen molar-refractivity contribution in [3.63, 3.8) is 0 Å². The summed E-state index contributed by atoms with van der Waals surface area (Å²) in [7, 11) is 0. The molecule has 0 heterocycles. The largest absolute Gasteiger partial charge is 0.0651 e. The molecule has 0 nitrogen and oxygen atoms in total. The molecule has 0 aromatic rings. The van der Waals surface area contributed by atoms with E-state index in [0.717, 1.165) is 23.2 Å². The maximum absolute atomic E-state index is 2.49. The van der Waals surface area contributed by atoms with Gasteiger partial charge in [-0.05, 0) is 42.4 Å². The molecule has 3 aliphatic rings. The molecule has 3 saturated carbocycles. The zero-order valence-corrected chi connectivity index (χ0v) is 8.06. The van der Waals surface area contributed by atoms with Crippen LogP contribution in [-0.4, -0.2) is 0 Å². The number of fused-ring (bicyclic) bond motifs is 2. The Morgan fingerprint density at radius 2 is 2.00 bits per heavy atom. The van der Waals surface area contributed by atoms with Crippen molar-refractivity contribution in [3.8, 4) is 0 Å². The second kappa shape index (κ2) is 2.24. The molecular formula is C11H20. The summed E-state index contributed by atoms with van der Waals surface area (Å²) in [5.74, 6) is 3.19. The Hall–Kier alpha value is 0. The predicted molar refractivity (Wildman–Crippen MR) is 48.4 cm³/mol. The van der Waals surface area contributed by atoms with Crippen molar-refractivity contribution >= 4 is 0 Å². The fourth-order valence-corrected chi connectivity index (χ4v) is 3.30. The SMILES string of the molecule is CCC1CC(C)C2(C)CC1C2. The maximum atomic E-state index is 2.49. The van der Waals surface area contributed by atoms with Gasteiger partial charge in [0.25, 0.3) is 0 Å². The minimum atomic E-state index is 0.760. The van der Waals surface area contributed by atoms with Gasteiger partial charge in [-0.25, -0.2) is 0 Å². The van der Waals surface area contributed by atoms with E-state index in [1.54, 1.807) is 0 Å². The highest BCUT2D eigenvalue weighted by molar-refractivity contribution is 5.01. The van der Waals surface area contributed by atoms with Crippen LogP contribution in [0.25, 0.3) is 0 Å². The molecule has 3 aliphatic carbocycles. The number of hydrogen-bond acceptors (Lipinski definition) is 0. The Bertz CT molecular complexity index is 153. The van der Waals surface area contributed by atoms with Crippen molar-refractivity contribution in [1.29, 1.82) is 0 Å². The molecule has 0 amide bonds. The molecule has 64 valence electrons. The van der Waals surface area contributed by atoms with Gasteiger partial charge in [-0.2, -0.15) is 0 Å². The molecule has 3 rings (SSSR count). The molecule has 2 unspecified atom stereocenters. The first-order valence-corrected chi connectivity index (χ1v) is 5.15. The van der Waals surface area contributed by atoms with Crippen molar-refractivity contribution < 1.29 is 0 Å². The molecule has 0 N–H and O–H groups in total. The lowest BCUT2D eigenvalue weighted by Gasteiger charge is -2.58. The van der Waals surface area contributed by atoms with E-state index in [2.05, 4.69) is 20.8 Å². The van der Waals surface area contributed by atoms with Crippen LogP contribution in [0.15, 0.2) is 0 Å². The Morgan fingerprint density at radius 3 is 2.45 bits per heavy atom. The summed E-state index contributed by atoms with van der Waals surface area (Å²) >= 11 is 0. The fraction of sp³-hybridized carbons (Fsp3) is 1.00. The van der Waals surface area contributed by atoms with Crippen LogP contribution in [0.5, 0.6) is 0 Å². The molecule has 11 heavy (non-hydrogen) atoms. The summed E-state index contributed by atoms with van der Waals surface area (Å²) in [6.45, 7) is 7.30. The zero-order valence-electron chi connectivity index (χ0n) is 8.06. The van der Waals surface area contributed by atoms with Gasteiger partial charge in [0.15, 0.2) is 0 Å². The highest BCUT2D eigenvalue weighted by Gasteiger charge is 2.51. The van der Waals surface area contributed by atoms with Crippen molar-refractivity contribution in [3.05, 3.63) is 0 Å². The first-order chi connectivity index (χ1) is 5.15. The maximum Gasteiger partial charge on any atom is -0.0295 e. The normalized spacial score (nSPS) is 55.4. The van der Waals surface area contributed by atoms with Crippen molar-refractivity contribution in [2.75, 3.05) is 0 Å². The summed E-state index contributed by atoms with van der Waals surface area (Å²) in [4.78, 5) is 0. The first kappa shape index (κ1) is 7.64. The summed E-state index contributed by atoms with van der Waals surface area (Å²) in [6.07, 6.45) is 6.00. The minimum Gasteiger partial charge on any atom is -0.0651 e. The standard InChI is InChI=1S/C11H20/c1-4-9-5-8(2)11(3)6-10(9)7-11/h8-10H,4-7H2,1-3H3. The van der Waals surface area contributed by atoms with Gasteiger partial charge in [-0.15, -0.1) is 0 Å². The lowest BCUT2D eigenvalue weighted by molar-refractivity contribution is -0.0809. The van der Waals surface area contributed by atoms with Crippen molar-refractivity contribution in [1.82, 2.24) is 0 Å². The monoisotopic (exact) mass is 152 g/mol. The lowest BCUT2D eigenvalue weighted by atomic mass is 9.47. The van der Waals surface area contributed by atoms with Gasteiger partial charge in [0.05, 0.1) is 0 Å². The second-order valence-electron chi connectivity index (χ2n) is 5.13. The first-order valence-electron chi connectivity index (χ1n) is 5.15. The molecular weight excluding hydrogens is 132 g/mol. The van der Waals surface area contributed by atoms with E-state index in [-0.39, 0.29) is 0 Å². The number of rotatable bonds is 1. The molecule has 0 aromatic carbocycles. The molecule has 0 aromatic heterocycles. The third kappa shape index (κ3) is 0.947. The third-order valence-corrected chi connectivity index (χ3v) is 4.49. The molecule has 3 fully saturated rings. The van der Waals surface area contributed by atoms with E-state index in [1.165, 1.54) is 25.7 Å². The summed E-state index contributed by atoms with van der Waals surface area (Å²) in [6, 6.07) is 0. The molecule has 0 spiro atoms.